The number of allylic oxidation sites excluding steroid dienone is 1. The number of ketones is 1. The van der Waals surface area contributed by atoms with Gasteiger partial charge < -0.3 is 10.0 Å². The van der Waals surface area contributed by atoms with Gasteiger partial charge in [0, 0.05) is 11.6 Å². The van der Waals surface area contributed by atoms with Crippen LogP contribution < -0.4 is 0 Å². The number of halogens is 1. The van der Waals surface area contributed by atoms with Crippen LogP contribution in [0.2, 0.25) is 5.02 Å². The number of aliphatic hydroxyl groups is 1. The molecule has 0 fully saturated rings. The number of carbonyl (C=O) groups excluding carboxylic acids is 2. The van der Waals surface area contributed by atoms with Crippen molar-refractivity contribution in [1.82, 2.24) is 4.90 Å². The first-order valence-electron chi connectivity index (χ1n) is 15.3. The van der Waals surface area contributed by atoms with Crippen LogP contribution in [-0.4, -0.2) is 28.2 Å². The summed E-state index contributed by atoms with van der Waals surface area (Å²) in [7, 11) is 0. The van der Waals surface area contributed by atoms with Crippen LogP contribution in [0.5, 0.6) is 0 Å². The maximum atomic E-state index is 13.3. The predicted molar refractivity (Wildman–Crippen MR) is 166 cm³/mol. The van der Waals surface area contributed by atoms with Crippen LogP contribution in [0.4, 0.5) is 0 Å². The maximum absolute atomic E-state index is 13.3. The second-order valence-electron chi connectivity index (χ2n) is 10.9. The lowest BCUT2D eigenvalue weighted by molar-refractivity contribution is -0.129. The fraction of sp³-hybridized carbons (Fsp3) is 0.486. The summed E-state index contributed by atoms with van der Waals surface area (Å²) in [5.41, 5.74) is 1.77. The van der Waals surface area contributed by atoms with Crippen LogP contribution in [0.25, 0.3) is 6.08 Å². The molecule has 1 aliphatic heterocycles. The zero-order valence-corrected chi connectivity index (χ0v) is 24.9. The molecule has 0 aromatic heterocycles. The number of benzene rings is 2. The first-order chi connectivity index (χ1) is 19.5. The monoisotopic (exact) mass is 563 g/mol. The van der Waals surface area contributed by atoms with Gasteiger partial charge in [0.05, 0.1) is 11.6 Å². The number of nitrogens with zero attached hydrogens (tertiary/aromatic N) is 1. The van der Waals surface area contributed by atoms with Crippen molar-refractivity contribution in [3.05, 3.63) is 88.2 Å². The van der Waals surface area contributed by atoms with Crippen molar-refractivity contribution in [2.75, 3.05) is 6.54 Å². The molecule has 0 saturated heterocycles. The number of rotatable bonds is 19. The van der Waals surface area contributed by atoms with Gasteiger partial charge in [-0.05, 0) is 35.8 Å². The Hall–Kier alpha value is -2.85. The number of carbonyl (C=O) groups is 2. The second-order valence-corrected chi connectivity index (χ2v) is 11.4. The number of unbranched alkanes of at least 4 members (excludes halogenated alkanes) is 13. The molecular formula is C35H46ClNO3. The average Bonchev–Trinajstić information content (AvgIpc) is 3.22. The van der Waals surface area contributed by atoms with Gasteiger partial charge in [-0.1, -0.05) is 151 Å². The molecule has 40 heavy (non-hydrogen) atoms. The molecule has 0 spiro atoms. The molecule has 0 aliphatic carbocycles. The summed E-state index contributed by atoms with van der Waals surface area (Å²) in [6.45, 7) is 2.75. The first-order valence-corrected chi connectivity index (χ1v) is 15.7. The van der Waals surface area contributed by atoms with E-state index in [1.54, 1.807) is 23.1 Å². The highest BCUT2D eigenvalue weighted by atomic mass is 35.5. The van der Waals surface area contributed by atoms with Crippen molar-refractivity contribution in [3.63, 3.8) is 0 Å². The first kappa shape index (κ1) is 31.7. The van der Waals surface area contributed by atoms with Crippen molar-refractivity contribution in [1.29, 1.82) is 0 Å². The zero-order valence-electron chi connectivity index (χ0n) is 24.1. The molecule has 4 nitrogen and oxygen atoms in total. The second kappa shape index (κ2) is 17.8. The van der Waals surface area contributed by atoms with E-state index in [9.17, 15) is 14.7 Å². The molecule has 0 bridgehead atoms. The third kappa shape index (κ3) is 9.96. The topological polar surface area (TPSA) is 57.6 Å². The minimum atomic E-state index is -0.625. The molecule has 1 amide bonds. The molecule has 1 N–H and O–H groups in total. The van der Waals surface area contributed by atoms with E-state index in [1.807, 2.05) is 42.5 Å². The van der Waals surface area contributed by atoms with Crippen molar-refractivity contribution in [2.45, 2.75) is 103 Å². The van der Waals surface area contributed by atoms with Gasteiger partial charge in [0.1, 0.15) is 0 Å². The van der Waals surface area contributed by atoms with E-state index >= 15 is 0 Å². The van der Waals surface area contributed by atoms with E-state index < -0.39 is 17.7 Å². The lowest BCUT2D eigenvalue weighted by Gasteiger charge is -2.26. The molecule has 2 aromatic rings. The maximum Gasteiger partial charge on any atom is 0.290 e. The number of amides is 1. The van der Waals surface area contributed by atoms with Gasteiger partial charge >= 0.3 is 0 Å². The highest BCUT2D eigenvalue weighted by molar-refractivity contribution is 6.30. The van der Waals surface area contributed by atoms with E-state index in [-0.39, 0.29) is 11.4 Å². The number of aliphatic hydroxyl groups excluding tert-OH is 1. The molecule has 216 valence electrons. The van der Waals surface area contributed by atoms with Crippen LogP contribution in [0, 0.1) is 0 Å². The number of hydrogen-bond acceptors (Lipinski definition) is 3. The van der Waals surface area contributed by atoms with Gasteiger partial charge in [0.2, 0.25) is 0 Å². The van der Waals surface area contributed by atoms with Crippen LogP contribution in [-0.2, 0) is 9.59 Å². The summed E-state index contributed by atoms with van der Waals surface area (Å²) in [5, 5.41) is 11.4. The Bertz CT molecular complexity index is 1110. The molecule has 1 atom stereocenters. The molecular weight excluding hydrogens is 518 g/mol. The lowest BCUT2D eigenvalue weighted by Crippen LogP contribution is -2.32. The van der Waals surface area contributed by atoms with Gasteiger partial charge in [0.25, 0.3) is 5.91 Å². The molecule has 3 rings (SSSR count). The van der Waals surface area contributed by atoms with Crippen molar-refractivity contribution in [2.24, 2.45) is 0 Å². The quantitative estimate of drug-likeness (QED) is 0.137. The zero-order chi connectivity index (χ0) is 28.6. The smallest absolute Gasteiger partial charge is 0.290 e. The predicted octanol–water partition coefficient (Wildman–Crippen LogP) is 9.80. The summed E-state index contributed by atoms with van der Waals surface area (Å²) in [4.78, 5) is 28.0. The summed E-state index contributed by atoms with van der Waals surface area (Å²) in [6, 6.07) is 16.0. The lowest BCUT2D eigenvalue weighted by atomic mass is 9.95. The Labute approximate surface area is 246 Å². The van der Waals surface area contributed by atoms with Crippen LogP contribution >= 0.6 is 11.6 Å². The van der Waals surface area contributed by atoms with E-state index in [2.05, 4.69) is 6.92 Å². The van der Waals surface area contributed by atoms with E-state index in [0.29, 0.717) is 11.6 Å². The normalized spacial score (nSPS) is 15.5. The Balaban J connectivity index is 1.49. The minimum Gasteiger partial charge on any atom is -0.503 e. The molecule has 0 radical (unpaired) electrons. The van der Waals surface area contributed by atoms with Crippen molar-refractivity contribution < 1.29 is 14.7 Å². The average molecular weight is 564 g/mol. The van der Waals surface area contributed by atoms with Gasteiger partial charge in [-0.2, -0.15) is 0 Å². The largest absolute Gasteiger partial charge is 0.503 e. The highest BCUT2D eigenvalue weighted by Gasteiger charge is 2.42. The molecule has 1 unspecified atom stereocenters. The van der Waals surface area contributed by atoms with Crippen molar-refractivity contribution >= 4 is 29.4 Å². The molecule has 2 aromatic carbocycles. The Kier molecular flexibility index (Phi) is 14.1. The standard InChI is InChI=1S/C35H46ClNO3/c1-2-3-4-5-6-7-8-9-10-11-12-13-14-18-27-37-33(29-22-24-30(36)25-23-29)32(34(39)35(37)40)31(38)26-21-28-19-16-15-17-20-28/h15-17,19-26,33,39H,2-14,18,27H2,1H3/b26-21+. The highest BCUT2D eigenvalue weighted by Crippen LogP contribution is 2.38. The minimum absolute atomic E-state index is 0.130. The van der Waals surface area contributed by atoms with E-state index in [1.165, 1.54) is 76.7 Å². The van der Waals surface area contributed by atoms with E-state index in [0.717, 1.165) is 30.4 Å². The third-order valence-electron chi connectivity index (χ3n) is 7.73. The molecule has 1 aliphatic rings. The van der Waals surface area contributed by atoms with E-state index in [4.69, 9.17) is 11.6 Å². The summed E-state index contributed by atoms with van der Waals surface area (Å²) >= 11 is 6.11. The third-order valence-corrected chi connectivity index (χ3v) is 7.99. The van der Waals surface area contributed by atoms with Crippen LogP contribution in [0.15, 0.2) is 72.0 Å². The van der Waals surface area contributed by atoms with Crippen LogP contribution in [0.1, 0.15) is 114 Å². The summed E-state index contributed by atoms with van der Waals surface area (Å²) in [6.07, 6.45) is 20.8. The SMILES string of the molecule is CCCCCCCCCCCCCCCCN1C(=O)C(O)=C(C(=O)/C=C/c2ccccc2)C1c1ccc(Cl)cc1. The number of hydrogen-bond donors (Lipinski definition) is 1. The Morgan fingerprint density at radius 3 is 1.88 bits per heavy atom. The fourth-order valence-electron chi connectivity index (χ4n) is 5.43. The van der Waals surface area contributed by atoms with Gasteiger partial charge in [-0.3, -0.25) is 9.59 Å². The summed E-state index contributed by atoms with van der Waals surface area (Å²) < 4.78 is 0. The molecule has 5 heteroatoms. The Morgan fingerprint density at radius 2 is 1.32 bits per heavy atom. The molecule has 1 heterocycles. The van der Waals surface area contributed by atoms with Gasteiger partial charge in [0.15, 0.2) is 11.5 Å². The van der Waals surface area contributed by atoms with Gasteiger partial charge in [-0.25, -0.2) is 0 Å². The fourth-order valence-corrected chi connectivity index (χ4v) is 5.56. The van der Waals surface area contributed by atoms with Crippen molar-refractivity contribution in [3.8, 4) is 0 Å². The molecule has 0 saturated carbocycles. The van der Waals surface area contributed by atoms with Crippen LogP contribution in [0.3, 0.4) is 0 Å². The summed E-state index contributed by atoms with van der Waals surface area (Å²) in [5.74, 6) is -1.29. The van der Waals surface area contributed by atoms with Gasteiger partial charge in [-0.15, -0.1) is 0 Å². The Morgan fingerprint density at radius 1 is 0.800 bits per heavy atom.